The molecule has 0 saturated heterocycles. The van der Waals surface area contributed by atoms with Gasteiger partial charge >= 0.3 is 0 Å². The van der Waals surface area contributed by atoms with E-state index in [0.29, 0.717) is 16.1 Å². The molecule has 0 atom stereocenters. The van der Waals surface area contributed by atoms with Crippen LogP contribution in [-0.4, -0.2) is 12.0 Å². The molecule has 0 heterocycles. The summed E-state index contributed by atoms with van der Waals surface area (Å²) in [6.07, 6.45) is 0. The summed E-state index contributed by atoms with van der Waals surface area (Å²) in [5.41, 5.74) is 0.517. The predicted molar refractivity (Wildman–Crippen MR) is 65.8 cm³/mol. The number of nitrogens with zero attached hydrogens (tertiary/aromatic N) is 1. The molecule has 1 aromatic carbocycles. The van der Waals surface area contributed by atoms with Crippen LogP contribution in [0.25, 0.3) is 0 Å². The van der Waals surface area contributed by atoms with E-state index in [4.69, 9.17) is 17.5 Å². The highest BCUT2D eigenvalue weighted by Crippen LogP contribution is 2.26. The molecule has 16 heavy (non-hydrogen) atoms. The van der Waals surface area contributed by atoms with Gasteiger partial charge in [0.15, 0.2) is 0 Å². The largest absolute Gasteiger partial charge is 0.382 e. The number of hydrogen-bond donors (Lipinski definition) is 1. The first-order valence-corrected chi connectivity index (χ1v) is 5.26. The lowest BCUT2D eigenvalue weighted by molar-refractivity contribution is 0.615. The minimum atomic E-state index is -0.488. The molecule has 0 unspecified atom stereocenters. The van der Waals surface area contributed by atoms with E-state index < -0.39 is 11.2 Å². The van der Waals surface area contributed by atoms with Gasteiger partial charge in [-0.05, 0) is 37.6 Å². The maximum Gasteiger partial charge on any atom is 0.124 e. The number of benzene rings is 1. The highest BCUT2D eigenvalue weighted by Gasteiger charge is 2.26. The second-order valence-electron chi connectivity index (χ2n) is 4.04. The summed E-state index contributed by atoms with van der Waals surface area (Å²) in [5, 5.41) is 11.7. The lowest BCUT2D eigenvalue weighted by Crippen LogP contribution is -2.36. The van der Waals surface area contributed by atoms with Gasteiger partial charge in [0.25, 0.3) is 0 Å². The molecule has 0 radical (unpaired) electrons. The molecule has 1 N–H and O–H groups in total. The minimum absolute atomic E-state index is 0.307. The Hall–Kier alpha value is -1.47. The van der Waals surface area contributed by atoms with Crippen LogP contribution in [0, 0.1) is 17.1 Å². The van der Waals surface area contributed by atoms with Crippen LogP contribution in [0.1, 0.15) is 25.0 Å². The van der Waals surface area contributed by atoms with Crippen molar-refractivity contribution in [3.8, 4) is 6.07 Å². The molecule has 2 nitrogen and oxygen atoms in total. The average molecular weight is 236 g/mol. The summed E-state index contributed by atoms with van der Waals surface area (Å²) in [6.45, 7) is 3.78. The Labute approximate surface area is 100 Å². The van der Waals surface area contributed by atoms with Crippen LogP contribution >= 0.6 is 12.2 Å². The molecule has 84 valence electrons. The quantitative estimate of drug-likeness (QED) is 0.801. The first-order valence-electron chi connectivity index (χ1n) is 4.85. The van der Waals surface area contributed by atoms with Crippen LogP contribution in [-0.2, 0) is 5.41 Å². The zero-order valence-corrected chi connectivity index (χ0v) is 10.3. The summed E-state index contributed by atoms with van der Waals surface area (Å²) in [4.78, 5) is 0.613. The van der Waals surface area contributed by atoms with E-state index in [9.17, 15) is 4.39 Å². The van der Waals surface area contributed by atoms with Gasteiger partial charge in [0.05, 0.1) is 16.6 Å². The molecule has 0 fully saturated rings. The summed E-state index contributed by atoms with van der Waals surface area (Å²) in [7, 11) is 1.73. The smallest absolute Gasteiger partial charge is 0.124 e. The van der Waals surface area contributed by atoms with Gasteiger partial charge in [0.2, 0.25) is 0 Å². The van der Waals surface area contributed by atoms with E-state index in [0.717, 1.165) is 0 Å². The molecule has 4 heteroatoms. The number of nitriles is 1. The number of nitrogens with one attached hydrogen (secondary N) is 1. The number of hydrogen-bond acceptors (Lipinski definition) is 2. The van der Waals surface area contributed by atoms with E-state index in [1.807, 2.05) is 19.9 Å². The number of halogens is 1. The molecule has 0 bridgehead atoms. The van der Waals surface area contributed by atoms with E-state index in [2.05, 4.69) is 5.32 Å². The van der Waals surface area contributed by atoms with Gasteiger partial charge < -0.3 is 5.32 Å². The standard InChI is InChI=1S/C12H13FN2S/c1-12(2,11(16)15-3)9-4-8(7-14)5-10(13)6-9/h4-6H,1-3H3,(H,15,16). The molecule has 1 aromatic rings. The second-order valence-corrected chi connectivity index (χ2v) is 4.45. The second kappa shape index (κ2) is 4.58. The number of rotatable bonds is 2. The fourth-order valence-corrected chi connectivity index (χ4v) is 1.58. The third-order valence-electron chi connectivity index (χ3n) is 2.54. The molecular weight excluding hydrogens is 223 g/mol. The van der Waals surface area contributed by atoms with Gasteiger partial charge in [0, 0.05) is 12.5 Å². The van der Waals surface area contributed by atoms with Crippen LogP contribution in [0.3, 0.4) is 0 Å². The Balaban J connectivity index is 3.28. The highest BCUT2D eigenvalue weighted by molar-refractivity contribution is 7.80. The monoisotopic (exact) mass is 236 g/mol. The average Bonchev–Trinajstić information content (AvgIpc) is 2.26. The zero-order chi connectivity index (χ0) is 12.3. The molecule has 0 saturated carbocycles. The van der Waals surface area contributed by atoms with Crippen molar-refractivity contribution in [3.63, 3.8) is 0 Å². The van der Waals surface area contributed by atoms with Crippen LogP contribution in [0.5, 0.6) is 0 Å². The Bertz CT molecular complexity index is 461. The normalized spacial score (nSPS) is 10.7. The van der Waals surface area contributed by atoms with Gasteiger partial charge in [-0.15, -0.1) is 0 Å². The van der Waals surface area contributed by atoms with Gasteiger partial charge in [-0.25, -0.2) is 4.39 Å². The molecule has 0 aliphatic carbocycles. The van der Waals surface area contributed by atoms with E-state index in [1.165, 1.54) is 12.1 Å². The van der Waals surface area contributed by atoms with Crippen LogP contribution in [0.15, 0.2) is 18.2 Å². The van der Waals surface area contributed by atoms with Crippen molar-refractivity contribution in [1.29, 1.82) is 5.26 Å². The van der Waals surface area contributed by atoms with Crippen molar-refractivity contribution in [2.45, 2.75) is 19.3 Å². The summed E-state index contributed by atoms with van der Waals surface area (Å²) < 4.78 is 13.3. The molecule has 0 spiro atoms. The van der Waals surface area contributed by atoms with Crippen molar-refractivity contribution >= 4 is 17.2 Å². The summed E-state index contributed by atoms with van der Waals surface area (Å²) in [5.74, 6) is -0.416. The Kier molecular flexibility index (Phi) is 3.61. The molecule has 0 amide bonds. The van der Waals surface area contributed by atoms with Gasteiger partial charge in [0.1, 0.15) is 5.82 Å². The van der Waals surface area contributed by atoms with Crippen LogP contribution in [0.2, 0.25) is 0 Å². The molecule has 0 aromatic heterocycles. The van der Waals surface area contributed by atoms with Crippen LogP contribution in [0.4, 0.5) is 4.39 Å². The molecule has 0 aliphatic rings. The van der Waals surface area contributed by atoms with E-state index in [-0.39, 0.29) is 0 Å². The Morgan fingerprint density at radius 2 is 2.06 bits per heavy atom. The predicted octanol–water partition coefficient (Wildman–Crippen LogP) is 2.52. The van der Waals surface area contributed by atoms with Crippen LogP contribution < -0.4 is 5.32 Å². The van der Waals surface area contributed by atoms with E-state index >= 15 is 0 Å². The van der Waals surface area contributed by atoms with Gasteiger partial charge in [-0.3, -0.25) is 0 Å². The summed E-state index contributed by atoms with van der Waals surface area (Å²) >= 11 is 5.18. The summed E-state index contributed by atoms with van der Waals surface area (Å²) in [6, 6.07) is 6.21. The van der Waals surface area contributed by atoms with E-state index in [1.54, 1.807) is 13.1 Å². The van der Waals surface area contributed by atoms with Crippen molar-refractivity contribution in [1.82, 2.24) is 5.32 Å². The SMILES string of the molecule is CNC(=S)C(C)(C)c1cc(F)cc(C#N)c1. The molecular formula is C12H13FN2S. The lowest BCUT2D eigenvalue weighted by atomic mass is 9.83. The minimum Gasteiger partial charge on any atom is -0.382 e. The zero-order valence-electron chi connectivity index (χ0n) is 9.47. The maximum atomic E-state index is 13.3. The van der Waals surface area contributed by atoms with Crippen molar-refractivity contribution in [3.05, 3.63) is 35.1 Å². The lowest BCUT2D eigenvalue weighted by Gasteiger charge is -2.26. The Morgan fingerprint density at radius 1 is 1.44 bits per heavy atom. The first kappa shape index (κ1) is 12.6. The molecule has 0 aliphatic heterocycles. The topological polar surface area (TPSA) is 35.8 Å². The number of likely N-dealkylation sites (N-methyl/N-ethyl adjacent to an activating group) is 1. The third-order valence-corrected chi connectivity index (χ3v) is 3.26. The fraction of sp³-hybridized carbons (Fsp3) is 0.333. The van der Waals surface area contributed by atoms with Gasteiger partial charge in [-0.1, -0.05) is 12.2 Å². The fourth-order valence-electron chi connectivity index (χ4n) is 1.46. The number of thiocarbonyl (C=S) groups is 1. The van der Waals surface area contributed by atoms with Crippen molar-refractivity contribution in [2.75, 3.05) is 7.05 Å². The van der Waals surface area contributed by atoms with Gasteiger partial charge in [-0.2, -0.15) is 5.26 Å². The third kappa shape index (κ3) is 2.37. The first-order chi connectivity index (χ1) is 7.41. The maximum absolute atomic E-state index is 13.3. The van der Waals surface area contributed by atoms with Crippen molar-refractivity contribution in [2.24, 2.45) is 0 Å². The molecule has 1 rings (SSSR count). The Morgan fingerprint density at radius 3 is 2.56 bits per heavy atom. The highest BCUT2D eigenvalue weighted by atomic mass is 32.1. The van der Waals surface area contributed by atoms with Crippen molar-refractivity contribution < 1.29 is 4.39 Å².